The van der Waals surface area contributed by atoms with E-state index in [0.29, 0.717) is 16.9 Å². The van der Waals surface area contributed by atoms with Crippen molar-refractivity contribution in [1.82, 2.24) is 9.97 Å². The van der Waals surface area contributed by atoms with Gasteiger partial charge in [0.2, 0.25) is 0 Å². The van der Waals surface area contributed by atoms with E-state index in [0.717, 1.165) is 17.2 Å². The minimum atomic E-state index is -0.918. The van der Waals surface area contributed by atoms with Gasteiger partial charge in [0.15, 0.2) is 0 Å². The van der Waals surface area contributed by atoms with Crippen LogP contribution in [0.15, 0.2) is 24.3 Å². The Morgan fingerprint density at radius 2 is 1.90 bits per heavy atom. The van der Waals surface area contributed by atoms with E-state index in [4.69, 9.17) is 5.11 Å². The molecular weight excluding hydrogens is 266 g/mol. The van der Waals surface area contributed by atoms with Crippen LogP contribution in [0.4, 0.5) is 11.5 Å². The second-order valence-corrected chi connectivity index (χ2v) is 5.37. The molecule has 2 N–H and O–H groups in total. The molecule has 1 heterocycles. The van der Waals surface area contributed by atoms with E-state index >= 15 is 0 Å². The normalized spacial score (nSPS) is 10.7. The molecule has 1 aromatic heterocycles. The first-order chi connectivity index (χ1) is 9.86. The largest absolute Gasteiger partial charge is 0.478 e. The number of carboxylic acid groups (broad SMARTS) is 1. The zero-order chi connectivity index (χ0) is 15.6. The van der Waals surface area contributed by atoms with Gasteiger partial charge in [-0.3, -0.25) is 0 Å². The first-order valence-corrected chi connectivity index (χ1v) is 6.83. The summed E-state index contributed by atoms with van der Waals surface area (Å²) in [5.41, 5.74) is 2.73. The summed E-state index contributed by atoms with van der Waals surface area (Å²) < 4.78 is 0. The molecule has 0 spiro atoms. The molecule has 0 aliphatic rings. The molecule has 21 heavy (non-hydrogen) atoms. The van der Waals surface area contributed by atoms with Crippen molar-refractivity contribution in [3.05, 3.63) is 46.9 Å². The molecule has 5 heteroatoms. The standard InChI is InChI=1S/C16H19N3O2/c1-9(2)15-17-11(4)8-14(19-15)18-12-5-6-13(16(20)21)10(3)7-12/h5-9H,1-4H3,(H,20,21)(H,17,18,19). The summed E-state index contributed by atoms with van der Waals surface area (Å²) in [4.78, 5) is 19.9. The maximum absolute atomic E-state index is 11.0. The van der Waals surface area contributed by atoms with E-state index in [-0.39, 0.29) is 5.92 Å². The number of aromatic carboxylic acids is 1. The van der Waals surface area contributed by atoms with Crippen LogP contribution >= 0.6 is 0 Å². The van der Waals surface area contributed by atoms with E-state index < -0.39 is 5.97 Å². The summed E-state index contributed by atoms with van der Waals surface area (Å²) in [6.45, 7) is 7.80. The van der Waals surface area contributed by atoms with Crippen LogP contribution in [-0.2, 0) is 0 Å². The fourth-order valence-corrected chi connectivity index (χ4v) is 2.04. The summed E-state index contributed by atoms with van der Waals surface area (Å²) >= 11 is 0. The fourth-order valence-electron chi connectivity index (χ4n) is 2.04. The molecule has 110 valence electrons. The predicted octanol–water partition coefficient (Wildman–Crippen LogP) is 3.66. The lowest BCUT2D eigenvalue weighted by Crippen LogP contribution is -2.04. The lowest BCUT2D eigenvalue weighted by molar-refractivity contribution is 0.0696. The lowest BCUT2D eigenvalue weighted by Gasteiger charge is -2.11. The Balaban J connectivity index is 2.30. The molecule has 0 radical (unpaired) electrons. The molecule has 0 saturated heterocycles. The number of benzene rings is 1. The zero-order valence-electron chi connectivity index (χ0n) is 12.6. The highest BCUT2D eigenvalue weighted by Gasteiger charge is 2.09. The molecule has 5 nitrogen and oxygen atoms in total. The lowest BCUT2D eigenvalue weighted by atomic mass is 10.1. The van der Waals surface area contributed by atoms with Gasteiger partial charge in [0.1, 0.15) is 11.6 Å². The summed E-state index contributed by atoms with van der Waals surface area (Å²) in [6.07, 6.45) is 0. The summed E-state index contributed by atoms with van der Waals surface area (Å²) in [7, 11) is 0. The number of rotatable bonds is 4. The van der Waals surface area contributed by atoms with E-state index in [1.807, 2.05) is 26.8 Å². The second kappa shape index (κ2) is 5.91. The van der Waals surface area contributed by atoms with Gasteiger partial charge < -0.3 is 10.4 Å². The van der Waals surface area contributed by atoms with Crippen molar-refractivity contribution in [1.29, 1.82) is 0 Å². The van der Waals surface area contributed by atoms with Gasteiger partial charge in [0.05, 0.1) is 5.56 Å². The highest BCUT2D eigenvalue weighted by atomic mass is 16.4. The van der Waals surface area contributed by atoms with Crippen molar-refractivity contribution >= 4 is 17.5 Å². The number of nitrogens with zero attached hydrogens (tertiary/aromatic N) is 2. The fraction of sp³-hybridized carbons (Fsp3) is 0.312. The van der Waals surface area contributed by atoms with Crippen molar-refractivity contribution in [3.8, 4) is 0 Å². The van der Waals surface area contributed by atoms with Crippen molar-refractivity contribution in [2.75, 3.05) is 5.32 Å². The molecule has 0 aliphatic carbocycles. The molecular formula is C16H19N3O2. The van der Waals surface area contributed by atoms with E-state index in [9.17, 15) is 4.79 Å². The van der Waals surface area contributed by atoms with Crippen LogP contribution in [-0.4, -0.2) is 21.0 Å². The van der Waals surface area contributed by atoms with Gasteiger partial charge in [-0.1, -0.05) is 13.8 Å². The van der Waals surface area contributed by atoms with Gasteiger partial charge in [-0.15, -0.1) is 0 Å². The van der Waals surface area contributed by atoms with Gasteiger partial charge in [0.25, 0.3) is 0 Å². The third kappa shape index (κ3) is 3.56. The monoisotopic (exact) mass is 285 g/mol. The topological polar surface area (TPSA) is 75.1 Å². The van der Waals surface area contributed by atoms with Crippen LogP contribution in [0.3, 0.4) is 0 Å². The van der Waals surface area contributed by atoms with Gasteiger partial charge in [0, 0.05) is 23.4 Å². The third-order valence-corrected chi connectivity index (χ3v) is 3.12. The van der Waals surface area contributed by atoms with E-state index in [1.165, 1.54) is 0 Å². The van der Waals surface area contributed by atoms with Gasteiger partial charge in [-0.25, -0.2) is 14.8 Å². The summed E-state index contributed by atoms with van der Waals surface area (Å²) in [5, 5.41) is 12.2. The molecule has 2 rings (SSSR count). The molecule has 1 aromatic carbocycles. The van der Waals surface area contributed by atoms with Crippen LogP contribution < -0.4 is 5.32 Å². The number of anilines is 2. The summed E-state index contributed by atoms with van der Waals surface area (Å²) in [5.74, 6) is 0.839. The highest BCUT2D eigenvalue weighted by Crippen LogP contribution is 2.20. The van der Waals surface area contributed by atoms with Crippen molar-refractivity contribution in [2.45, 2.75) is 33.6 Å². The number of carbonyl (C=O) groups is 1. The number of nitrogens with one attached hydrogen (secondary N) is 1. The van der Waals surface area contributed by atoms with Crippen molar-refractivity contribution < 1.29 is 9.90 Å². The maximum Gasteiger partial charge on any atom is 0.335 e. The Morgan fingerprint density at radius 1 is 1.19 bits per heavy atom. The van der Waals surface area contributed by atoms with E-state index in [2.05, 4.69) is 15.3 Å². The third-order valence-electron chi connectivity index (χ3n) is 3.12. The van der Waals surface area contributed by atoms with Crippen molar-refractivity contribution in [3.63, 3.8) is 0 Å². The molecule has 2 aromatic rings. The average Bonchev–Trinajstić information content (AvgIpc) is 2.37. The second-order valence-electron chi connectivity index (χ2n) is 5.37. The molecule has 0 fully saturated rings. The maximum atomic E-state index is 11.0. The first kappa shape index (κ1) is 15.0. The SMILES string of the molecule is Cc1cc(Nc2ccc(C(=O)O)c(C)c2)nc(C(C)C)n1. The zero-order valence-corrected chi connectivity index (χ0v) is 12.6. The minimum absolute atomic E-state index is 0.251. The molecule has 0 aliphatic heterocycles. The van der Waals surface area contributed by atoms with Crippen LogP contribution in [0, 0.1) is 13.8 Å². The Hall–Kier alpha value is -2.43. The number of aryl methyl sites for hydroxylation is 2. The molecule has 0 amide bonds. The Labute approximate surface area is 124 Å². The van der Waals surface area contributed by atoms with Crippen LogP contribution in [0.5, 0.6) is 0 Å². The smallest absolute Gasteiger partial charge is 0.335 e. The molecule has 0 saturated carbocycles. The quantitative estimate of drug-likeness (QED) is 0.896. The van der Waals surface area contributed by atoms with Gasteiger partial charge >= 0.3 is 5.97 Å². The Bertz CT molecular complexity index is 681. The first-order valence-electron chi connectivity index (χ1n) is 6.83. The van der Waals surface area contributed by atoms with Crippen LogP contribution in [0.1, 0.15) is 47.2 Å². The van der Waals surface area contributed by atoms with E-state index in [1.54, 1.807) is 25.1 Å². The summed E-state index contributed by atoms with van der Waals surface area (Å²) in [6, 6.07) is 7.00. The predicted molar refractivity (Wildman–Crippen MR) is 82.3 cm³/mol. The molecule has 0 atom stereocenters. The van der Waals surface area contributed by atoms with Gasteiger partial charge in [-0.2, -0.15) is 0 Å². The highest BCUT2D eigenvalue weighted by molar-refractivity contribution is 5.90. The molecule has 0 bridgehead atoms. The van der Waals surface area contributed by atoms with Crippen LogP contribution in [0.2, 0.25) is 0 Å². The number of carboxylic acids is 1. The Kier molecular flexibility index (Phi) is 4.21. The average molecular weight is 285 g/mol. The van der Waals surface area contributed by atoms with Crippen LogP contribution in [0.25, 0.3) is 0 Å². The van der Waals surface area contributed by atoms with Crippen molar-refractivity contribution in [2.24, 2.45) is 0 Å². The number of aromatic nitrogens is 2. The number of hydrogen-bond acceptors (Lipinski definition) is 4. The number of hydrogen-bond donors (Lipinski definition) is 2. The molecule has 0 unspecified atom stereocenters. The van der Waals surface area contributed by atoms with Gasteiger partial charge in [-0.05, 0) is 37.6 Å². The Morgan fingerprint density at radius 3 is 2.48 bits per heavy atom. The minimum Gasteiger partial charge on any atom is -0.478 e.